The van der Waals surface area contributed by atoms with Crippen LogP contribution in [0.1, 0.15) is 18.1 Å². The molecule has 2 amide bonds. The largest absolute Gasteiger partial charge is 0.497 e. The number of benzene rings is 3. The van der Waals surface area contributed by atoms with Gasteiger partial charge in [0.25, 0.3) is 10.0 Å². The van der Waals surface area contributed by atoms with Gasteiger partial charge in [-0.3, -0.25) is 13.9 Å². The molecule has 0 fully saturated rings. The molecule has 1 atom stereocenters. The number of carbonyl (C=O) groups is 2. The number of sulfonamides is 1. The topological polar surface area (TPSA) is 105 Å². The second-order valence-electron chi connectivity index (χ2n) is 8.69. The monoisotopic (exact) mass is 539 g/mol. The number of aryl methyl sites for hydroxylation is 1. The average molecular weight is 540 g/mol. The van der Waals surface area contributed by atoms with Crippen molar-refractivity contribution in [1.82, 2.24) is 10.2 Å². The van der Waals surface area contributed by atoms with Crippen molar-refractivity contribution in [3.05, 3.63) is 83.9 Å². The summed E-state index contributed by atoms with van der Waals surface area (Å²) in [4.78, 5) is 27.8. The van der Waals surface area contributed by atoms with Crippen LogP contribution in [0.5, 0.6) is 11.5 Å². The van der Waals surface area contributed by atoms with Gasteiger partial charge in [0.05, 0.1) is 24.8 Å². The van der Waals surface area contributed by atoms with Gasteiger partial charge < -0.3 is 19.7 Å². The Balaban J connectivity index is 2.03. The zero-order chi connectivity index (χ0) is 27.9. The first-order valence-electron chi connectivity index (χ1n) is 12.0. The van der Waals surface area contributed by atoms with E-state index < -0.39 is 28.5 Å². The van der Waals surface area contributed by atoms with Crippen molar-refractivity contribution in [2.45, 2.75) is 31.3 Å². The SMILES string of the molecule is CNC(=O)[C@H](C)N(Cc1cccc(OC)c1)C(=O)CN(c1ccc(OC)cc1)S(=O)(=O)c1ccc(C)cc1. The number of amides is 2. The molecule has 0 bridgehead atoms. The van der Waals surface area contributed by atoms with E-state index in [0.717, 1.165) is 15.4 Å². The summed E-state index contributed by atoms with van der Waals surface area (Å²) in [5, 5.41) is 2.56. The summed E-state index contributed by atoms with van der Waals surface area (Å²) in [6, 6.07) is 19.1. The number of methoxy groups -OCH3 is 2. The van der Waals surface area contributed by atoms with Gasteiger partial charge in [-0.2, -0.15) is 0 Å². The second kappa shape index (κ2) is 12.5. The molecule has 38 heavy (non-hydrogen) atoms. The lowest BCUT2D eigenvalue weighted by Gasteiger charge is -2.32. The Morgan fingerprint density at radius 1 is 0.921 bits per heavy atom. The minimum Gasteiger partial charge on any atom is -0.497 e. The van der Waals surface area contributed by atoms with Gasteiger partial charge in [0.1, 0.15) is 24.1 Å². The number of anilines is 1. The molecule has 3 aromatic carbocycles. The van der Waals surface area contributed by atoms with Crippen molar-refractivity contribution in [1.29, 1.82) is 0 Å². The quantitative estimate of drug-likeness (QED) is 0.401. The minimum absolute atomic E-state index is 0.0467. The highest BCUT2D eigenvalue weighted by atomic mass is 32.2. The van der Waals surface area contributed by atoms with Crippen LogP contribution >= 0.6 is 0 Å². The number of hydrogen-bond donors (Lipinski definition) is 1. The molecule has 0 radical (unpaired) electrons. The summed E-state index contributed by atoms with van der Waals surface area (Å²) < 4.78 is 39.1. The molecule has 0 aliphatic carbocycles. The van der Waals surface area contributed by atoms with Crippen molar-refractivity contribution < 1.29 is 27.5 Å². The molecule has 0 saturated carbocycles. The molecular formula is C28H33N3O6S. The highest BCUT2D eigenvalue weighted by molar-refractivity contribution is 7.92. The number of hydrogen-bond acceptors (Lipinski definition) is 6. The molecule has 0 unspecified atom stereocenters. The van der Waals surface area contributed by atoms with Gasteiger partial charge in [0, 0.05) is 13.6 Å². The zero-order valence-corrected chi connectivity index (χ0v) is 23.0. The number of likely N-dealkylation sites (N-methyl/N-ethyl adjacent to an activating group) is 1. The standard InChI is InChI=1S/C28H33N3O6S/c1-20-9-15-26(16-10-20)38(34,35)31(23-11-13-24(36-4)14-12-23)19-27(32)30(21(2)28(33)29-3)18-22-7-6-8-25(17-22)37-5/h6-17,21H,18-19H2,1-5H3,(H,29,33)/t21-/m0/s1. The predicted molar refractivity (Wildman–Crippen MR) is 146 cm³/mol. The van der Waals surface area contributed by atoms with Crippen LogP contribution in [0.3, 0.4) is 0 Å². The number of nitrogens with zero attached hydrogens (tertiary/aromatic N) is 2. The van der Waals surface area contributed by atoms with E-state index in [1.165, 1.54) is 38.3 Å². The van der Waals surface area contributed by atoms with Crippen LogP contribution in [-0.4, -0.2) is 59.0 Å². The Morgan fingerprint density at radius 2 is 1.55 bits per heavy atom. The minimum atomic E-state index is -4.13. The molecule has 3 rings (SSSR count). The molecule has 0 heterocycles. The summed E-state index contributed by atoms with van der Waals surface area (Å²) in [5.74, 6) is 0.221. The fourth-order valence-electron chi connectivity index (χ4n) is 3.87. The first kappa shape index (κ1) is 28.5. The van der Waals surface area contributed by atoms with E-state index >= 15 is 0 Å². The van der Waals surface area contributed by atoms with Gasteiger partial charge in [-0.15, -0.1) is 0 Å². The van der Waals surface area contributed by atoms with E-state index in [1.54, 1.807) is 61.5 Å². The first-order valence-corrected chi connectivity index (χ1v) is 13.4. The summed E-state index contributed by atoms with van der Waals surface area (Å²) >= 11 is 0. The van der Waals surface area contributed by atoms with Gasteiger partial charge in [-0.05, 0) is 67.9 Å². The Morgan fingerprint density at radius 3 is 2.13 bits per heavy atom. The molecule has 0 spiro atoms. The smallest absolute Gasteiger partial charge is 0.264 e. The molecule has 0 saturated heterocycles. The number of nitrogens with one attached hydrogen (secondary N) is 1. The Hall–Kier alpha value is -4.05. The van der Waals surface area contributed by atoms with E-state index in [-0.39, 0.29) is 23.0 Å². The maximum Gasteiger partial charge on any atom is 0.264 e. The summed E-state index contributed by atoms with van der Waals surface area (Å²) in [7, 11) is 0.404. The molecule has 0 aromatic heterocycles. The third-order valence-electron chi connectivity index (χ3n) is 6.15. The first-order chi connectivity index (χ1) is 18.1. The number of rotatable bonds is 11. The molecule has 1 N–H and O–H groups in total. The normalized spacial score (nSPS) is 11.8. The molecular weight excluding hydrogens is 506 g/mol. The maximum absolute atomic E-state index is 13.8. The van der Waals surface area contributed by atoms with Gasteiger partial charge in [0.15, 0.2) is 0 Å². The summed E-state index contributed by atoms with van der Waals surface area (Å²) in [6.45, 7) is 3.01. The van der Waals surface area contributed by atoms with Crippen molar-refractivity contribution in [2.24, 2.45) is 0 Å². The van der Waals surface area contributed by atoms with Crippen LogP contribution < -0.4 is 19.1 Å². The van der Waals surface area contributed by atoms with E-state index in [4.69, 9.17) is 9.47 Å². The molecule has 10 heteroatoms. The van der Waals surface area contributed by atoms with Gasteiger partial charge in [0.2, 0.25) is 11.8 Å². The second-order valence-corrected chi connectivity index (χ2v) is 10.5. The summed E-state index contributed by atoms with van der Waals surface area (Å²) in [6.07, 6.45) is 0. The fraction of sp³-hybridized carbons (Fsp3) is 0.286. The third kappa shape index (κ3) is 6.63. The zero-order valence-electron chi connectivity index (χ0n) is 22.2. The fourth-order valence-corrected chi connectivity index (χ4v) is 5.29. The van der Waals surface area contributed by atoms with E-state index in [1.807, 2.05) is 13.0 Å². The van der Waals surface area contributed by atoms with Crippen molar-refractivity contribution in [3.63, 3.8) is 0 Å². The van der Waals surface area contributed by atoms with E-state index in [0.29, 0.717) is 11.5 Å². The molecule has 0 aliphatic rings. The van der Waals surface area contributed by atoms with E-state index in [2.05, 4.69) is 5.32 Å². The van der Waals surface area contributed by atoms with Crippen LogP contribution in [0.15, 0.2) is 77.7 Å². The Kier molecular flexibility index (Phi) is 9.35. The highest BCUT2D eigenvalue weighted by Crippen LogP contribution is 2.27. The van der Waals surface area contributed by atoms with Crippen molar-refractivity contribution in [2.75, 3.05) is 32.1 Å². The lowest BCUT2D eigenvalue weighted by molar-refractivity contribution is -0.139. The van der Waals surface area contributed by atoms with Gasteiger partial charge in [-0.25, -0.2) is 8.42 Å². The molecule has 202 valence electrons. The van der Waals surface area contributed by atoms with Crippen LogP contribution in [0.25, 0.3) is 0 Å². The van der Waals surface area contributed by atoms with E-state index in [9.17, 15) is 18.0 Å². The molecule has 9 nitrogen and oxygen atoms in total. The Bertz CT molecular complexity index is 1360. The van der Waals surface area contributed by atoms with Gasteiger partial charge >= 0.3 is 0 Å². The molecule has 3 aromatic rings. The number of ether oxygens (including phenoxy) is 2. The Labute approximate surface area is 224 Å². The van der Waals surface area contributed by atoms with Crippen molar-refractivity contribution in [3.8, 4) is 11.5 Å². The summed E-state index contributed by atoms with van der Waals surface area (Å²) in [5.41, 5.74) is 1.92. The van der Waals surface area contributed by atoms with Crippen LogP contribution in [0.4, 0.5) is 5.69 Å². The third-order valence-corrected chi connectivity index (χ3v) is 7.94. The van der Waals surface area contributed by atoms with Crippen LogP contribution in [0.2, 0.25) is 0 Å². The number of carbonyl (C=O) groups excluding carboxylic acids is 2. The van der Waals surface area contributed by atoms with Crippen LogP contribution in [0, 0.1) is 6.92 Å². The predicted octanol–water partition coefficient (Wildman–Crippen LogP) is 3.37. The van der Waals surface area contributed by atoms with Gasteiger partial charge in [-0.1, -0.05) is 29.8 Å². The van der Waals surface area contributed by atoms with Crippen LogP contribution in [-0.2, 0) is 26.2 Å². The lowest BCUT2D eigenvalue weighted by Crippen LogP contribution is -2.50. The maximum atomic E-state index is 13.8. The van der Waals surface area contributed by atoms with Crippen molar-refractivity contribution >= 4 is 27.5 Å². The average Bonchev–Trinajstić information content (AvgIpc) is 2.94. The highest BCUT2D eigenvalue weighted by Gasteiger charge is 2.32. The lowest BCUT2D eigenvalue weighted by atomic mass is 10.1. The molecule has 0 aliphatic heterocycles.